The van der Waals surface area contributed by atoms with Crippen molar-refractivity contribution < 1.29 is 4.79 Å². The Morgan fingerprint density at radius 1 is 1.17 bits per heavy atom. The summed E-state index contributed by atoms with van der Waals surface area (Å²) in [5, 5.41) is 6.53. The van der Waals surface area contributed by atoms with Crippen LogP contribution in [0.2, 0.25) is 5.02 Å². The zero-order valence-corrected chi connectivity index (χ0v) is 17.5. The Hall–Kier alpha value is -2.90. The Balaban J connectivity index is 1.49. The maximum atomic E-state index is 12.8. The fourth-order valence-corrected chi connectivity index (χ4v) is 3.89. The normalized spacial score (nSPS) is 14.5. The average Bonchev–Trinajstić information content (AvgIpc) is 2.75. The molecule has 1 saturated heterocycles. The van der Waals surface area contributed by atoms with Gasteiger partial charge in [-0.1, -0.05) is 23.7 Å². The number of rotatable bonds is 5. The first kappa shape index (κ1) is 20.4. The Morgan fingerprint density at radius 2 is 2.00 bits per heavy atom. The molecule has 0 bridgehead atoms. The number of nitrogens with one attached hydrogen (secondary N) is 2. The van der Waals surface area contributed by atoms with Crippen molar-refractivity contribution in [3.8, 4) is 11.5 Å². The van der Waals surface area contributed by atoms with Gasteiger partial charge in [0, 0.05) is 6.20 Å². The first-order valence-electron chi connectivity index (χ1n) is 10.0. The average molecular weight is 423 g/mol. The van der Waals surface area contributed by atoms with Crippen LogP contribution in [-0.4, -0.2) is 38.9 Å². The highest BCUT2D eigenvalue weighted by Gasteiger charge is 2.17. The zero-order valence-electron chi connectivity index (χ0n) is 16.7. The van der Waals surface area contributed by atoms with Gasteiger partial charge in [0.25, 0.3) is 5.91 Å². The summed E-state index contributed by atoms with van der Waals surface area (Å²) in [4.78, 5) is 29.9. The van der Waals surface area contributed by atoms with Gasteiger partial charge < -0.3 is 5.32 Å². The highest BCUT2D eigenvalue weighted by atomic mass is 35.5. The lowest BCUT2D eigenvalue weighted by molar-refractivity contribution is 0.102. The summed E-state index contributed by atoms with van der Waals surface area (Å²) in [7, 11) is 0. The standard InChI is InChI=1S/C22H23ClN6O/c1-14-26-20(19-4-2-3-9-25-19)28-22(27-14)29-21(30)17-6-5-16(13-18(17)23)12-15-7-10-24-11-8-15/h2-6,9,13,15,24H,7-8,10-12H2,1H3,(H,26,27,28,29,30). The number of pyridine rings is 1. The minimum Gasteiger partial charge on any atom is -0.317 e. The summed E-state index contributed by atoms with van der Waals surface area (Å²) in [6.07, 6.45) is 4.97. The minimum absolute atomic E-state index is 0.169. The molecule has 1 aliphatic rings. The van der Waals surface area contributed by atoms with Crippen molar-refractivity contribution >= 4 is 23.5 Å². The molecular formula is C22H23ClN6O. The molecular weight excluding hydrogens is 400 g/mol. The number of anilines is 1. The molecule has 4 rings (SSSR count). The Bertz CT molecular complexity index is 1040. The van der Waals surface area contributed by atoms with E-state index in [4.69, 9.17) is 11.6 Å². The van der Waals surface area contributed by atoms with Gasteiger partial charge in [-0.25, -0.2) is 4.98 Å². The number of hydrogen-bond acceptors (Lipinski definition) is 6. The summed E-state index contributed by atoms with van der Waals surface area (Å²) in [5.74, 6) is 1.36. The summed E-state index contributed by atoms with van der Waals surface area (Å²) in [6, 6.07) is 11.1. The number of piperidine rings is 1. The fraction of sp³-hybridized carbons (Fsp3) is 0.318. The van der Waals surface area contributed by atoms with Gasteiger partial charge in [0.05, 0.1) is 10.6 Å². The SMILES string of the molecule is Cc1nc(NC(=O)c2ccc(CC3CCNCC3)cc2Cl)nc(-c2ccccn2)n1. The highest BCUT2D eigenvalue weighted by molar-refractivity contribution is 6.34. The van der Waals surface area contributed by atoms with Gasteiger partial charge in [0.1, 0.15) is 11.5 Å². The molecule has 3 aromatic rings. The molecule has 7 nitrogen and oxygen atoms in total. The van der Waals surface area contributed by atoms with Gasteiger partial charge in [0.15, 0.2) is 5.82 Å². The zero-order chi connectivity index (χ0) is 20.9. The molecule has 0 unspecified atom stereocenters. The lowest BCUT2D eigenvalue weighted by atomic mass is 9.91. The van der Waals surface area contributed by atoms with Crippen molar-refractivity contribution in [3.63, 3.8) is 0 Å². The van der Waals surface area contributed by atoms with Crippen LogP contribution in [0.25, 0.3) is 11.5 Å². The predicted octanol–water partition coefficient (Wildman–Crippen LogP) is 3.69. The van der Waals surface area contributed by atoms with E-state index in [1.807, 2.05) is 24.3 Å². The maximum Gasteiger partial charge on any atom is 0.259 e. The third kappa shape index (κ3) is 4.98. The Kier molecular flexibility index (Phi) is 6.30. The summed E-state index contributed by atoms with van der Waals surface area (Å²) in [5.41, 5.74) is 2.15. The molecule has 0 spiro atoms. The van der Waals surface area contributed by atoms with Crippen LogP contribution in [0.3, 0.4) is 0 Å². The number of amides is 1. The third-order valence-electron chi connectivity index (χ3n) is 5.13. The number of carbonyl (C=O) groups is 1. The van der Waals surface area contributed by atoms with Crippen molar-refractivity contribution in [2.75, 3.05) is 18.4 Å². The molecule has 0 saturated carbocycles. The highest BCUT2D eigenvalue weighted by Crippen LogP contribution is 2.24. The van der Waals surface area contributed by atoms with E-state index in [0.717, 1.165) is 37.9 Å². The second-order valence-electron chi connectivity index (χ2n) is 7.41. The van der Waals surface area contributed by atoms with Crippen molar-refractivity contribution in [1.82, 2.24) is 25.3 Å². The van der Waals surface area contributed by atoms with Gasteiger partial charge in [0.2, 0.25) is 5.95 Å². The number of aromatic nitrogens is 4. The van der Waals surface area contributed by atoms with Gasteiger partial charge in [-0.2, -0.15) is 9.97 Å². The van der Waals surface area contributed by atoms with Crippen LogP contribution >= 0.6 is 11.6 Å². The summed E-state index contributed by atoms with van der Waals surface area (Å²) in [6.45, 7) is 3.86. The van der Waals surface area contributed by atoms with Crippen LogP contribution in [0.5, 0.6) is 0 Å². The number of halogens is 1. The van der Waals surface area contributed by atoms with E-state index < -0.39 is 0 Å². The largest absolute Gasteiger partial charge is 0.317 e. The van der Waals surface area contributed by atoms with Crippen LogP contribution in [0.4, 0.5) is 5.95 Å². The van der Waals surface area contributed by atoms with E-state index in [-0.39, 0.29) is 11.9 Å². The van der Waals surface area contributed by atoms with E-state index in [9.17, 15) is 4.79 Å². The van der Waals surface area contributed by atoms with E-state index in [1.54, 1.807) is 25.3 Å². The van der Waals surface area contributed by atoms with E-state index in [1.165, 1.54) is 0 Å². The van der Waals surface area contributed by atoms with Crippen molar-refractivity contribution in [2.45, 2.75) is 26.2 Å². The topological polar surface area (TPSA) is 92.7 Å². The second kappa shape index (κ2) is 9.28. The molecule has 154 valence electrons. The fourth-order valence-electron chi connectivity index (χ4n) is 3.61. The second-order valence-corrected chi connectivity index (χ2v) is 7.82. The monoisotopic (exact) mass is 422 g/mol. The number of benzene rings is 1. The number of carbonyl (C=O) groups excluding carboxylic acids is 1. The molecule has 0 aliphatic carbocycles. The molecule has 1 aromatic carbocycles. The van der Waals surface area contributed by atoms with Crippen LogP contribution in [0.15, 0.2) is 42.6 Å². The predicted molar refractivity (Wildman–Crippen MR) is 116 cm³/mol. The van der Waals surface area contributed by atoms with Gasteiger partial charge in [-0.05, 0) is 75.0 Å². The van der Waals surface area contributed by atoms with Crippen LogP contribution < -0.4 is 10.6 Å². The number of aryl methyl sites for hydroxylation is 1. The first-order chi connectivity index (χ1) is 14.6. The van der Waals surface area contributed by atoms with E-state index in [2.05, 4.69) is 30.6 Å². The molecule has 1 fully saturated rings. The van der Waals surface area contributed by atoms with Crippen molar-refractivity contribution in [2.24, 2.45) is 5.92 Å². The van der Waals surface area contributed by atoms with Gasteiger partial charge >= 0.3 is 0 Å². The lowest BCUT2D eigenvalue weighted by Crippen LogP contribution is -2.28. The quantitative estimate of drug-likeness (QED) is 0.651. The van der Waals surface area contributed by atoms with Crippen LogP contribution in [0, 0.1) is 12.8 Å². The first-order valence-corrected chi connectivity index (χ1v) is 10.4. The molecule has 3 heterocycles. The van der Waals surface area contributed by atoms with Gasteiger partial charge in [-0.3, -0.25) is 15.1 Å². The molecule has 1 amide bonds. The van der Waals surface area contributed by atoms with E-state index in [0.29, 0.717) is 33.8 Å². The molecule has 2 aromatic heterocycles. The minimum atomic E-state index is -0.356. The van der Waals surface area contributed by atoms with E-state index >= 15 is 0 Å². The number of hydrogen-bond donors (Lipinski definition) is 2. The van der Waals surface area contributed by atoms with Crippen molar-refractivity contribution in [3.05, 3.63) is 64.6 Å². The van der Waals surface area contributed by atoms with Crippen LogP contribution in [-0.2, 0) is 6.42 Å². The molecule has 8 heteroatoms. The molecule has 0 radical (unpaired) electrons. The molecule has 2 N–H and O–H groups in total. The smallest absolute Gasteiger partial charge is 0.259 e. The molecule has 1 aliphatic heterocycles. The molecule has 30 heavy (non-hydrogen) atoms. The van der Waals surface area contributed by atoms with Crippen molar-refractivity contribution in [1.29, 1.82) is 0 Å². The molecule has 0 atom stereocenters. The van der Waals surface area contributed by atoms with Gasteiger partial charge in [-0.15, -0.1) is 0 Å². The van der Waals surface area contributed by atoms with Crippen LogP contribution in [0.1, 0.15) is 34.6 Å². The Labute approximate surface area is 180 Å². The third-order valence-corrected chi connectivity index (χ3v) is 5.44. The summed E-state index contributed by atoms with van der Waals surface area (Å²) < 4.78 is 0. The maximum absolute atomic E-state index is 12.8. The lowest BCUT2D eigenvalue weighted by Gasteiger charge is -2.22. The summed E-state index contributed by atoms with van der Waals surface area (Å²) >= 11 is 6.43. The Morgan fingerprint density at radius 3 is 2.73 bits per heavy atom. The number of nitrogens with zero attached hydrogens (tertiary/aromatic N) is 4.